The van der Waals surface area contributed by atoms with Crippen LogP contribution >= 0.6 is 0 Å². The Hall–Kier alpha value is -2.07. The van der Waals surface area contributed by atoms with Crippen LogP contribution in [0.3, 0.4) is 0 Å². The van der Waals surface area contributed by atoms with Crippen molar-refractivity contribution in [3.63, 3.8) is 0 Å². The van der Waals surface area contributed by atoms with Crippen molar-refractivity contribution in [2.45, 2.75) is 30.9 Å². The number of benzene rings is 1. The summed E-state index contributed by atoms with van der Waals surface area (Å²) in [4.78, 5) is 12.4. The predicted molar refractivity (Wildman–Crippen MR) is 76.6 cm³/mol. The van der Waals surface area contributed by atoms with Crippen LogP contribution in [-0.4, -0.2) is 17.1 Å². The minimum atomic E-state index is -0.535. The number of nitrogens with one attached hydrogen (secondary N) is 1. The molecule has 0 unspecified atom stereocenters. The van der Waals surface area contributed by atoms with Gasteiger partial charge in [-0.25, -0.2) is 0 Å². The number of amides is 1. The zero-order valence-corrected chi connectivity index (χ0v) is 11.5. The normalized spacial score (nSPS) is 30.0. The fraction of sp³-hybridized carbons (Fsp3) is 0.353. The van der Waals surface area contributed by atoms with E-state index in [1.54, 1.807) is 6.26 Å². The van der Waals surface area contributed by atoms with Crippen LogP contribution < -0.4 is 5.32 Å². The molecule has 0 saturated heterocycles. The summed E-state index contributed by atoms with van der Waals surface area (Å²) < 4.78 is 5.36. The maximum atomic E-state index is 12.4. The molecule has 4 atom stereocenters. The number of hydrogen-bond acceptors (Lipinski definition) is 3. The van der Waals surface area contributed by atoms with Crippen molar-refractivity contribution < 1.29 is 14.3 Å². The number of aliphatic hydroxyl groups excluding tert-OH is 1. The van der Waals surface area contributed by atoms with Crippen molar-refractivity contribution in [3.8, 4) is 0 Å². The van der Waals surface area contributed by atoms with Gasteiger partial charge in [-0.15, -0.1) is 0 Å². The van der Waals surface area contributed by atoms with E-state index < -0.39 is 6.10 Å². The molecule has 2 N–H and O–H groups in total. The molecule has 2 aromatic rings. The maximum absolute atomic E-state index is 12.4. The second-order valence-electron chi connectivity index (χ2n) is 5.92. The van der Waals surface area contributed by atoms with E-state index in [-0.39, 0.29) is 23.8 Å². The highest BCUT2D eigenvalue weighted by atomic mass is 16.3. The standard InChI is InChI=1S/C17H17NO3/c19-14-8-10-4-1-2-5-11(10)16(14)18-17(20)13-9-12(13)15-6-3-7-21-15/h1-7,12-14,16,19H,8-9H2,(H,18,20)/t12-,13+,14-,16+/m0/s1. The molecule has 1 aromatic heterocycles. The fourth-order valence-corrected chi connectivity index (χ4v) is 3.31. The van der Waals surface area contributed by atoms with Gasteiger partial charge in [0.2, 0.25) is 5.91 Å². The van der Waals surface area contributed by atoms with E-state index in [4.69, 9.17) is 4.42 Å². The number of fused-ring (bicyclic) bond motifs is 1. The molecule has 2 aliphatic rings. The van der Waals surface area contributed by atoms with Crippen molar-refractivity contribution in [3.05, 3.63) is 59.5 Å². The lowest BCUT2D eigenvalue weighted by atomic mass is 10.1. The Morgan fingerprint density at radius 3 is 2.90 bits per heavy atom. The Bertz CT molecular complexity index is 664. The number of rotatable bonds is 3. The molecule has 1 aromatic carbocycles. The minimum Gasteiger partial charge on any atom is -0.469 e. The summed E-state index contributed by atoms with van der Waals surface area (Å²) >= 11 is 0. The van der Waals surface area contributed by atoms with E-state index in [1.165, 1.54) is 0 Å². The third-order valence-corrected chi connectivity index (χ3v) is 4.54. The molecular formula is C17H17NO3. The van der Waals surface area contributed by atoms with Crippen molar-refractivity contribution in [2.24, 2.45) is 5.92 Å². The third kappa shape index (κ3) is 2.16. The van der Waals surface area contributed by atoms with Gasteiger partial charge in [0.25, 0.3) is 0 Å². The lowest BCUT2D eigenvalue weighted by molar-refractivity contribution is -0.124. The summed E-state index contributed by atoms with van der Waals surface area (Å²) in [6, 6.07) is 11.4. The van der Waals surface area contributed by atoms with Gasteiger partial charge in [0.05, 0.1) is 18.4 Å². The van der Waals surface area contributed by atoms with E-state index in [1.807, 2.05) is 36.4 Å². The Morgan fingerprint density at radius 2 is 2.10 bits per heavy atom. The molecule has 1 heterocycles. The zero-order chi connectivity index (χ0) is 14.4. The summed E-state index contributed by atoms with van der Waals surface area (Å²) in [7, 11) is 0. The number of carbonyl (C=O) groups excluding carboxylic acids is 1. The first-order valence-electron chi connectivity index (χ1n) is 7.33. The highest BCUT2D eigenvalue weighted by Crippen LogP contribution is 2.48. The molecule has 21 heavy (non-hydrogen) atoms. The highest BCUT2D eigenvalue weighted by molar-refractivity contribution is 5.83. The molecule has 1 saturated carbocycles. The zero-order valence-electron chi connectivity index (χ0n) is 11.5. The van der Waals surface area contributed by atoms with E-state index in [2.05, 4.69) is 5.32 Å². The molecule has 2 aliphatic carbocycles. The largest absolute Gasteiger partial charge is 0.469 e. The van der Waals surface area contributed by atoms with Crippen LogP contribution in [0.5, 0.6) is 0 Å². The first-order valence-corrected chi connectivity index (χ1v) is 7.33. The highest BCUT2D eigenvalue weighted by Gasteiger charge is 2.47. The quantitative estimate of drug-likeness (QED) is 0.907. The average Bonchev–Trinajstić information content (AvgIpc) is 2.97. The summed E-state index contributed by atoms with van der Waals surface area (Å²) in [5, 5.41) is 13.2. The third-order valence-electron chi connectivity index (χ3n) is 4.54. The van der Waals surface area contributed by atoms with E-state index in [0.29, 0.717) is 6.42 Å². The summed E-state index contributed by atoms with van der Waals surface area (Å²) in [5.74, 6) is 1.05. The topological polar surface area (TPSA) is 62.5 Å². The van der Waals surface area contributed by atoms with E-state index in [0.717, 1.165) is 23.3 Å². The van der Waals surface area contributed by atoms with Crippen LogP contribution in [0.25, 0.3) is 0 Å². The Morgan fingerprint density at radius 1 is 1.24 bits per heavy atom. The molecular weight excluding hydrogens is 266 g/mol. The second-order valence-corrected chi connectivity index (χ2v) is 5.92. The van der Waals surface area contributed by atoms with Gasteiger partial charge in [-0.3, -0.25) is 4.79 Å². The lowest BCUT2D eigenvalue weighted by Crippen LogP contribution is -2.35. The van der Waals surface area contributed by atoms with Crippen LogP contribution in [-0.2, 0) is 11.2 Å². The molecule has 1 fully saturated rings. The number of furan rings is 1. The second kappa shape index (κ2) is 4.74. The molecule has 4 nitrogen and oxygen atoms in total. The molecule has 108 valence electrons. The number of hydrogen-bond donors (Lipinski definition) is 2. The van der Waals surface area contributed by atoms with Crippen molar-refractivity contribution in [1.82, 2.24) is 5.32 Å². The molecule has 1 amide bonds. The van der Waals surface area contributed by atoms with Crippen LogP contribution in [0.4, 0.5) is 0 Å². The Balaban J connectivity index is 1.46. The van der Waals surface area contributed by atoms with E-state index in [9.17, 15) is 9.90 Å². The molecule has 0 aliphatic heterocycles. The molecule has 4 rings (SSSR count). The van der Waals surface area contributed by atoms with Crippen molar-refractivity contribution >= 4 is 5.91 Å². The fourth-order valence-electron chi connectivity index (χ4n) is 3.31. The lowest BCUT2D eigenvalue weighted by Gasteiger charge is -2.18. The van der Waals surface area contributed by atoms with Crippen LogP contribution in [0, 0.1) is 5.92 Å². The van der Waals surface area contributed by atoms with Gasteiger partial charge in [0.15, 0.2) is 0 Å². The van der Waals surface area contributed by atoms with Crippen molar-refractivity contribution in [1.29, 1.82) is 0 Å². The molecule has 0 bridgehead atoms. The van der Waals surface area contributed by atoms with Gasteiger partial charge in [-0.2, -0.15) is 0 Å². The maximum Gasteiger partial charge on any atom is 0.224 e. The average molecular weight is 283 g/mol. The Labute approximate surface area is 122 Å². The van der Waals surface area contributed by atoms with Gasteiger partial charge in [0, 0.05) is 18.3 Å². The molecule has 4 heteroatoms. The van der Waals surface area contributed by atoms with Gasteiger partial charge in [-0.05, 0) is 29.7 Å². The van der Waals surface area contributed by atoms with Crippen LogP contribution in [0.2, 0.25) is 0 Å². The summed E-state index contributed by atoms with van der Waals surface area (Å²) in [5.41, 5.74) is 2.15. The monoisotopic (exact) mass is 283 g/mol. The smallest absolute Gasteiger partial charge is 0.224 e. The minimum absolute atomic E-state index is 0.0113. The van der Waals surface area contributed by atoms with Crippen molar-refractivity contribution in [2.75, 3.05) is 0 Å². The molecule has 0 spiro atoms. The molecule has 0 radical (unpaired) electrons. The SMILES string of the molecule is O=C(N[C@@H]1c2ccccc2C[C@@H]1O)[C@@H]1C[C@@H]1c1ccco1. The predicted octanol–water partition coefficient (Wildman–Crippen LogP) is 2.16. The van der Waals surface area contributed by atoms with Gasteiger partial charge in [-0.1, -0.05) is 24.3 Å². The van der Waals surface area contributed by atoms with Gasteiger partial charge >= 0.3 is 0 Å². The van der Waals surface area contributed by atoms with Gasteiger partial charge < -0.3 is 14.8 Å². The number of aliphatic hydroxyl groups is 1. The first-order chi connectivity index (χ1) is 10.2. The van der Waals surface area contributed by atoms with Gasteiger partial charge in [0.1, 0.15) is 5.76 Å². The Kier molecular flexibility index (Phi) is 2.86. The number of carbonyl (C=O) groups is 1. The summed E-state index contributed by atoms with van der Waals surface area (Å²) in [6.45, 7) is 0. The first kappa shape index (κ1) is 12.7. The van der Waals surface area contributed by atoms with Crippen LogP contribution in [0.15, 0.2) is 47.1 Å². The van der Waals surface area contributed by atoms with E-state index >= 15 is 0 Å². The summed E-state index contributed by atoms with van der Waals surface area (Å²) in [6.07, 6.45) is 2.53. The van der Waals surface area contributed by atoms with Crippen LogP contribution in [0.1, 0.15) is 35.3 Å².